The fourth-order valence-corrected chi connectivity index (χ4v) is 3.30. The maximum atomic E-state index is 12.3. The van der Waals surface area contributed by atoms with Crippen LogP contribution >= 0.6 is 0 Å². The van der Waals surface area contributed by atoms with Crippen LogP contribution in [-0.4, -0.2) is 33.2 Å². The van der Waals surface area contributed by atoms with Gasteiger partial charge < -0.3 is 9.47 Å². The summed E-state index contributed by atoms with van der Waals surface area (Å²) in [5, 5.41) is -0.616. The van der Waals surface area contributed by atoms with Gasteiger partial charge in [0.25, 0.3) is 0 Å². The molecule has 0 unspecified atom stereocenters. The summed E-state index contributed by atoms with van der Waals surface area (Å²) < 4.78 is 35.5. The molecular weight excluding hydrogens is 252 g/mol. The van der Waals surface area contributed by atoms with E-state index in [1.54, 1.807) is 30.3 Å². The van der Waals surface area contributed by atoms with Gasteiger partial charge in [-0.2, -0.15) is 0 Å². The molecule has 0 aromatic heterocycles. The molecule has 0 bridgehead atoms. The van der Waals surface area contributed by atoms with Crippen molar-refractivity contribution in [2.24, 2.45) is 5.92 Å². The zero-order valence-electron chi connectivity index (χ0n) is 10.6. The smallest absolute Gasteiger partial charge is 0.185 e. The van der Waals surface area contributed by atoms with E-state index in [-0.39, 0.29) is 25.4 Å². The molecule has 1 aliphatic rings. The summed E-state index contributed by atoms with van der Waals surface area (Å²) in [6, 6.07) is 8.43. The molecule has 4 nitrogen and oxygen atoms in total. The van der Waals surface area contributed by atoms with Crippen molar-refractivity contribution in [2.75, 3.05) is 13.2 Å². The van der Waals surface area contributed by atoms with E-state index in [1.165, 1.54) is 0 Å². The summed E-state index contributed by atoms with van der Waals surface area (Å²) in [5.74, 6) is 0.227. The molecule has 2 rings (SSSR count). The average molecular weight is 270 g/mol. The van der Waals surface area contributed by atoms with Crippen molar-refractivity contribution in [1.82, 2.24) is 0 Å². The Morgan fingerprint density at radius 3 is 2.17 bits per heavy atom. The van der Waals surface area contributed by atoms with E-state index in [2.05, 4.69) is 0 Å². The maximum Gasteiger partial charge on any atom is 0.185 e. The molecule has 18 heavy (non-hydrogen) atoms. The highest BCUT2D eigenvalue weighted by Gasteiger charge is 2.34. The predicted molar refractivity (Wildman–Crippen MR) is 67.9 cm³/mol. The normalized spacial score (nSPS) is 25.3. The minimum atomic E-state index is -3.36. The SMILES string of the molecule is CC(C)C1OCC(S(=O)(=O)c2ccccc2)CO1. The maximum absolute atomic E-state index is 12.3. The van der Waals surface area contributed by atoms with Crippen LogP contribution in [0.25, 0.3) is 0 Å². The Morgan fingerprint density at radius 1 is 1.11 bits per heavy atom. The van der Waals surface area contributed by atoms with Crippen LogP contribution in [0.3, 0.4) is 0 Å². The average Bonchev–Trinajstić information content (AvgIpc) is 2.40. The summed E-state index contributed by atoms with van der Waals surface area (Å²) >= 11 is 0. The third-order valence-corrected chi connectivity index (χ3v) is 5.03. The number of rotatable bonds is 3. The van der Waals surface area contributed by atoms with Crippen LogP contribution in [0.1, 0.15) is 13.8 Å². The summed E-state index contributed by atoms with van der Waals surface area (Å²) in [6.45, 7) is 4.35. The fourth-order valence-electron chi connectivity index (χ4n) is 1.87. The first-order valence-corrected chi connectivity index (χ1v) is 7.58. The second kappa shape index (κ2) is 5.38. The van der Waals surface area contributed by atoms with Crippen LogP contribution in [0.15, 0.2) is 35.2 Å². The van der Waals surface area contributed by atoms with Gasteiger partial charge in [0.05, 0.1) is 18.1 Å². The molecule has 0 aliphatic carbocycles. The van der Waals surface area contributed by atoms with Crippen LogP contribution in [0.4, 0.5) is 0 Å². The lowest BCUT2D eigenvalue weighted by molar-refractivity contribution is -0.196. The van der Waals surface area contributed by atoms with Crippen molar-refractivity contribution in [3.8, 4) is 0 Å². The van der Waals surface area contributed by atoms with Gasteiger partial charge in [0, 0.05) is 5.92 Å². The molecule has 0 radical (unpaired) electrons. The van der Waals surface area contributed by atoms with E-state index in [4.69, 9.17) is 9.47 Å². The highest BCUT2D eigenvalue weighted by molar-refractivity contribution is 7.92. The van der Waals surface area contributed by atoms with E-state index in [0.29, 0.717) is 4.90 Å². The Morgan fingerprint density at radius 2 is 1.67 bits per heavy atom. The second-order valence-corrected chi connectivity index (χ2v) is 6.99. The summed E-state index contributed by atoms with van der Waals surface area (Å²) in [7, 11) is -3.36. The van der Waals surface area contributed by atoms with Crippen molar-refractivity contribution < 1.29 is 17.9 Å². The van der Waals surface area contributed by atoms with Gasteiger partial charge >= 0.3 is 0 Å². The topological polar surface area (TPSA) is 52.6 Å². The first-order chi connectivity index (χ1) is 8.51. The molecule has 0 N–H and O–H groups in total. The molecule has 0 spiro atoms. The number of benzene rings is 1. The Labute approximate surface area is 108 Å². The molecule has 0 amide bonds. The monoisotopic (exact) mass is 270 g/mol. The minimum Gasteiger partial charge on any atom is -0.351 e. The Hall–Kier alpha value is -0.910. The standard InChI is InChI=1S/C13H18O4S/c1-10(2)13-16-8-12(9-17-13)18(14,15)11-6-4-3-5-7-11/h3-7,10,12-13H,8-9H2,1-2H3. The highest BCUT2D eigenvalue weighted by Crippen LogP contribution is 2.22. The molecule has 1 fully saturated rings. The molecule has 0 saturated carbocycles. The van der Waals surface area contributed by atoms with Crippen LogP contribution < -0.4 is 0 Å². The lowest BCUT2D eigenvalue weighted by atomic mass is 10.2. The Bertz CT molecular complexity index is 473. The van der Waals surface area contributed by atoms with Crippen LogP contribution in [0.2, 0.25) is 0 Å². The van der Waals surface area contributed by atoms with Gasteiger partial charge in [0.2, 0.25) is 0 Å². The zero-order valence-corrected chi connectivity index (χ0v) is 11.4. The predicted octanol–water partition coefficient (Wildman–Crippen LogP) is 1.86. The molecule has 1 heterocycles. The molecule has 0 atom stereocenters. The first-order valence-electron chi connectivity index (χ1n) is 6.04. The van der Waals surface area contributed by atoms with Gasteiger partial charge in [-0.25, -0.2) is 8.42 Å². The van der Waals surface area contributed by atoms with Gasteiger partial charge in [0.15, 0.2) is 16.1 Å². The lowest BCUT2D eigenvalue weighted by Gasteiger charge is -2.31. The zero-order chi connectivity index (χ0) is 13.2. The number of hydrogen-bond acceptors (Lipinski definition) is 4. The highest BCUT2D eigenvalue weighted by atomic mass is 32.2. The van der Waals surface area contributed by atoms with E-state index >= 15 is 0 Å². The van der Waals surface area contributed by atoms with Crippen molar-refractivity contribution in [2.45, 2.75) is 30.3 Å². The number of sulfone groups is 1. The summed E-state index contributed by atoms with van der Waals surface area (Å²) in [6.07, 6.45) is -0.299. The van der Waals surface area contributed by atoms with Crippen molar-refractivity contribution in [3.05, 3.63) is 30.3 Å². The third-order valence-electron chi connectivity index (χ3n) is 2.95. The van der Waals surface area contributed by atoms with Crippen LogP contribution in [-0.2, 0) is 19.3 Å². The van der Waals surface area contributed by atoms with E-state index in [9.17, 15) is 8.42 Å². The van der Waals surface area contributed by atoms with Gasteiger partial charge in [-0.1, -0.05) is 32.0 Å². The van der Waals surface area contributed by atoms with Crippen molar-refractivity contribution in [1.29, 1.82) is 0 Å². The molecule has 1 saturated heterocycles. The molecule has 100 valence electrons. The largest absolute Gasteiger partial charge is 0.351 e. The van der Waals surface area contributed by atoms with Crippen molar-refractivity contribution >= 4 is 9.84 Å². The second-order valence-electron chi connectivity index (χ2n) is 4.76. The van der Waals surface area contributed by atoms with Crippen molar-refractivity contribution in [3.63, 3.8) is 0 Å². The first kappa shape index (κ1) is 13.5. The minimum absolute atomic E-state index is 0.195. The Kier molecular flexibility index (Phi) is 4.04. The molecule has 1 aliphatic heterocycles. The number of hydrogen-bond donors (Lipinski definition) is 0. The lowest BCUT2D eigenvalue weighted by Crippen LogP contribution is -2.42. The summed E-state index contributed by atoms with van der Waals surface area (Å²) in [4.78, 5) is 0.324. The van der Waals surface area contributed by atoms with Gasteiger partial charge in [-0.3, -0.25) is 0 Å². The fraction of sp³-hybridized carbons (Fsp3) is 0.538. The molecule has 5 heteroatoms. The van der Waals surface area contributed by atoms with Crippen LogP contribution in [0, 0.1) is 5.92 Å². The van der Waals surface area contributed by atoms with Gasteiger partial charge in [-0.15, -0.1) is 0 Å². The van der Waals surface area contributed by atoms with Gasteiger partial charge in [-0.05, 0) is 12.1 Å². The van der Waals surface area contributed by atoms with Crippen LogP contribution in [0.5, 0.6) is 0 Å². The summed E-state index contributed by atoms with van der Waals surface area (Å²) in [5.41, 5.74) is 0. The van der Waals surface area contributed by atoms with E-state index in [0.717, 1.165) is 0 Å². The molecule has 1 aromatic carbocycles. The quantitative estimate of drug-likeness (QED) is 0.841. The van der Waals surface area contributed by atoms with Gasteiger partial charge in [0.1, 0.15) is 5.25 Å². The van der Waals surface area contributed by atoms with E-state index in [1.807, 2.05) is 13.8 Å². The molecular formula is C13H18O4S. The number of ether oxygens (including phenoxy) is 2. The Balaban J connectivity index is 2.10. The molecule has 1 aromatic rings. The third kappa shape index (κ3) is 2.74. The van der Waals surface area contributed by atoms with E-state index < -0.39 is 15.1 Å².